The monoisotopic (exact) mass is 265 g/mol. The van der Waals surface area contributed by atoms with Crippen molar-refractivity contribution < 1.29 is 9.50 Å². The van der Waals surface area contributed by atoms with Crippen molar-refractivity contribution in [2.75, 3.05) is 6.54 Å². The zero-order valence-corrected chi connectivity index (χ0v) is 11.8. The second-order valence-electron chi connectivity index (χ2n) is 6.23. The second kappa shape index (κ2) is 6.02. The maximum absolute atomic E-state index is 13.6. The van der Waals surface area contributed by atoms with Crippen LogP contribution in [-0.2, 0) is 0 Å². The number of nitrogens with one attached hydrogen (secondary N) is 1. The average Bonchev–Trinajstić information content (AvgIpc) is 2.37. The summed E-state index contributed by atoms with van der Waals surface area (Å²) in [6.45, 7) is 4.94. The van der Waals surface area contributed by atoms with E-state index in [2.05, 4.69) is 19.2 Å². The number of aliphatic hydroxyl groups excluding tert-OH is 1. The minimum Gasteiger partial charge on any atom is -0.387 e. The first-order chi connectivity index (χ1) is 9.00. The average molecular weight is 265 g/mol. The van der Waals surface area contributed by atoms with Crippen LogP contribution < -0.4 is 5.32 Å². The summed E-state index contributed by atoms with van der Waals surface area (Å²) >= 11 is 0. The van der Waals surface area contributed by atoms with Crippen molar-refractivity contribution in [3.05, 3.63) is 35.6 Å². The standard InChI is InChI=1S/C16H24FNO/c1-16(2)10-6-5-9-15(16)18-11-14(19)12-7-3-4-8-13(12)17/h3-4,7-8,14-15,18-19H,5-6,9-11H2,1-2H3. The summed E-state index contributed by atoms with van der Waals surface area (Å²) in [4.78, 5) is 0. The van der Waals surface area contributed by atoms with Crippen molar-refractivity contribution in [1.29, 1.82) is 0 Å². The maximum atomic E-state index is 13.6. The number of hydrogen-bond acceptors (Lipinski definition) is 2. The Morgan fingerprint density at radius 1 is 1.37 bits per heavy atom. The molecule has 106 valence electrons. The Kier molecular flexibility index (Phi) is 4.58. The van der Waals surface area contributed by atoms with Crippen molar-refractivity contribution in [2.45, 2.75) is 51.7 Å². The third-order valence-electron chi connectivity index (χ3n) is 4.33. The smallest absolute Gasteiger partial charge is 0.129 e. The predicted molar refractivity (Wildman–Crippen MR) is 75.4 cm³/mol. The zero-order valence-electron chi connectivity index (χ0n) is 11.8. The molecule has 2 rings (SSSR count). The summed E-state index contributed by atoms with van der Waals surface area (Å²) in [6.07, 6.45) is 4.08. The first-order valence-electron chi connectivity index (χ1n) is 7.16. The second-order valence-corrected chi connectivity index (χ2v) is 6.23. The summed E-state index contributed by atoms with van der Waals surface area (Å²) in [5.74, 6) is -0.334. The third kappa shape index (κ3) is 3.54. The van der Waals surface area contributed by atoms with Gasteiger partial charge < -0.3 is 10.4 Å². The van der Waals surface area contributed by atoms with Crippen molar-refractivity contribution in [3.8, 4) is 0 Å². The lowest BCUT2D eigenvalue weighted by atomic mass is 9.73. The Hall–Kier alpha value is -0.930. The molecule has 1 aliphatic rings. The molecule has 3 heteroatoms. The van der Waals surface area contributed by atoms with Crippen LogP contribution in [-0.4, -0.2) is 17.7 Å². The van der Waals surface area contributed by atoms with E-state index in [1.54, 1.807) is 18.2 Å². The predicted octanol–water partition coefficient (Wildman–Crippen LogP) is 3.42. The van der Waals surface area contributed by atoms with E-state index in [9.17, 15) is 9.50 Å². The fraction of sp³-hybridized carbons (Fsp3) is 0.625. The van der Waals surface area contributed by atoms with Gasteiger partial charge in [0, 0.05) is 18.2 Å². The van der Waals surface area contributed by atoms with E-state index in [1.807, 2.05) is 0 Å². The van der Waals surface area contributed by atoms with Crippen LogP contribution in [0, 0.1) is 11.2 Å². The SMILES string of the molecule is CC1(C)CCCCC1NCC(O)c1ccccc1F. The molecule has 0 aromatic heterocycles. The van der Waals surface area contributed by atoms with Crippen LogP contribution in [0.25, 0.3) is 0 Å². The molecule has 0 saturated heterocycles. The van der Waals surface area contributed by atoms with Gasteiger partial charge in [-0.15, -0.1) is 0 Å². The Morgan fingerprint density at radius 3 is 2.79 bits per heavy atom. The fourth-order valence-electron chi connectivity index (χ4n) is 2.98. The molecule has 0 aliphatic heterocycles. The summed E-state index contributed by atoms with van der Waals surface area (Å²) in [5, 5.41) is 13.5. The molecule has 1 aliphatic carbocycles. The van der Waals surface area contributed by atoms with Crippen LogP contribution in [0.5, 0.6) is 0 Å². The molecule has 0 amide bonds. The summed E-state index contributed by atoms with van der Waals surface area (Å²) < 4.78 is 13.6. The molecule has 0 bridgehead atoms. The minimum atomic E-state index is -0.779. The Labute approximate surface area is 115 Å². The molecular weight excluding hydrogens is 241 g/mol. The van der Waals surface area contributed by atoms with Crippen LogP contribution in [0.1, 0.15) is 51.2 Å². The zero-order chi connectivity index (χ0) is 13.9. The maximum Gasteiger partial charge on any atom is 0.129 e. The normalized spacial score (nSPS) is 24.1. The van der Waals surface area contributed by atoms with Gasteiger partial charge in [0.15, 0.2) is 0 Å². The third-order valence-corrected chi connectivity index (χ3v) is 4.33. The lowest BCUT2D eigenvalue weighted by molar-refractivity contribution is 0.125. The van der Waals surface area contributed by atoms with Gasteiger partial charge in [0.2, 0.25) is 0 Å². The van der Waals surface area contributed by atoms with Gasteiger partial charge in [0.1, 0.15) is 5.82 Å². The van der Waals surface area contributed by atoms with Gasteiger partial charge in [-0.05, 0) is 24.3 Å². The largest absolute Gasteiger partial charge is 0.387 e. The molecule has 0 spiro atoms. The van der Waals surface area contributed by atoms with E-state index < -0.39 is 6.10 Å². The van der Waals surface area contributed by atoms with E-state index in [0.29, 0.717) is 18.2 Å². The van der Waals surface area contributed by atoms with Crippen LogP contribution in [0.15, 0.2) is 24.3 Å². The molecule has 1 aromatic carbocycles. The quantitative estimate of drug-likeness (QED) is 0.874. The van der Waals surface area contributed by atoms with E-state index in [-0.39, 0.29) is 11.2 Å². The molecule has 2 unspecified atom stereocenters. The number of rotatable bonds is 4. The van der Waals surface area contributed by atoms with Crippen molar-refractivity contribution >= 4 is 0 Å². The first-order valence-corrected chi connectivity index (χ1v) is 7.16. The van der Waals surface area contributed by atoms with Gasteiger partial charge in [-0.2, -0.15) is 0 Å². The van der Waals surface area contributed by atoms with Crippen LogP contribution in [0.2, 0.25) is 0 Å². The molecule has 1 aromatic rings. The van der Waals surface area contributed by atoms with E-state index >= 15 is 0 Å². The van der Waals surface area contributed by atoms with Crippen LogP contribution in [0.4, 0.5) is 4.39 Å². The van der Waals surface area contributed by atoms with E-state index in [4.69, 9.17) is 0 Å². The highest BCUT2D eigenvalue weighted by atomic mass is 19.1. The molecule has 19 heavy (non-hydrogen) atoms. The molecule has 2 N–H and O–H groups in total. The van der Waals surface area contributed by atoms with Crippen molar-refractivity contribution in [2.24, 2.45) is 5.41 Å². The van der Waals surface area contributed by atoms with Crippen molar-refractivity contribution in [1.82, 2.24) is 5.32 Å². The number of hydrogen-bond donors (Lipinski definition) is 2. The van der Waals surface area contributed by atoms with E-state index in [0.717, 1.165) is 6.42 Å². The Bertz CT molecular complexity index is 419. The minimum absolute atomic E-state index is 0.257. The highest BCUT2D eigenvalue weighted by Crippen LogP contribution is 2.35. The fourth-order valence-corrected chi connectivity index (χ4v) is 2.98. The highest BCUT2D eigenvalue weighted by molar-refractivity contribution is 5.20. The van der Waals surface area contributed by atoms with Crippen molar-refractivity contribution in [3.63, 3.8) is 0 Å². The van der Waals surface area contributed by atoms with Gasteiger partial charge in [-0.1, -0.05) is 44.9 Å². The molecule has 1 fully saturated rings. The number of halogens is 1. The molecule has 0 heterocycles. The summed E-state index contributed by atoms with van der Waals surface area (Å²) in [5.41, 5.74) is 0.635. The summed E-state index contributed by atoms with van der Waals surface area (Å²) in [7, 11) is 0. The molecule has 0 radical (unpaired) electrons. The summed E-state index contributed by atoms with van der Waals surface area (Å²) in [6, 6.07) is 6.84. The van der Waals surface area contributed by atoms with Crippen LogP contribution in [0.3, 0.4) is 0 Å². The van der Waals surface area contributed by atoms with Gasteiger partial charge in [0.05, 0.1) is 6.10 Å². The van der Waals surface area contributed by atoms with Crippen LogP contribution >= 0.6 is 0 Å². The lowest BCUT2D eigenvalue weighted by Gasteiger charge is -2.39. The Balaban J connectivity index is 1.93. The van der Waals surface area contributed by atoms with Gasteiger partial charge in [-0.25, -0.2) is 4.39 Å². The molecule has 2 nitrogen and oxygen atoms in total. The Morgan fingerprint density at radius 2 is 2.11 bits per heavy atom. The van der Waals surface area contributed by atoms with E-state index in [1.165, 1.54) is 25.3 Å². The number of benzene rings is 1. The first kappa shape index (κ1) is 14.5. The molecule has 2 atom stereocenters. The van der Waals surface area contributed by atoms with Gasteiger partial charge >= 0.3 is 0 Å². The van der Waals surface area contributed by atoms with Gasteiger partial charge in [-0.3, -0.25) is 0 Å². The number of aliphatic hydroxyl groups is 1. The topological polar surface area (TPSA) is 32.3 Å². The van der Waals surface area contributed by atoms with Gasteiger partial charge in [0.25, 0.3) is 0 Å². The lowest BCUT2D eigenvalue weighted by Crippen LogP contribution is -2.45. The molecule has 1 saturated carbocycles. The molecular formula is C16H24FNO. The highest BCUT2D eigenvalue weighted by Gasteiger charge is 2.32.